The van der Waals surface area contributed by atoms with Gasteiger partial charge in [-0.3, -0.25) is 14.0 Å². The van der Waals surface area contributed by atoms with E-state index in [1.54, 1.807) is 22.3 Å². The van der Waals surface area contributed by atoms with Gasteiger partial charge in [0.25, 0.3) is 0 Å². The van der Waals surface area contributed by atoms with Gasteiger partial charge < -0.3 is 0 Å². The van der Waals surface area contributed by atoms with E-state index in [0.717, 1.165) is 17.6 Å². The number of imidazole rings is 1. The van der Waals surface area contributed by atoms with E-state index in [-0.39, 0.29) is 17.4 Å². The Balaban J connectivity index is 2.12. The number of rotatable bonds is 6. The second-order valence-electron chi connectivity index (χ2n) is 3.20. The van der Waals surface area contributed by atoms with Crippen LogP contribution in [0.25, 0.3) is 4.83 Å². The van der Waals surface area contributed by atoms with Crippen molar-refractivity contribution in [2.24, 2.45) is 0 Å². The Morgan fingerprint density at radius 2 is 2.44 bits per heavy atom. The molecule has 0 atom stereocenters. The molecule has 98 valence electrons. The number of carbonyl (C=O) groups is 1. The van der Waals surface area contributed by atoms with Crippen LogP contribution in [0.3, 0.4) is 0 Å². The molecule has 0 unspecified atom stereocenters. The van der Waals surface area contributed by atoms with E-state index < -0.39 is 10.2 Å². The third-order valence-corrected chi connectivity index (χ3v) is 4.32. The van der Waals surface area contributed by atoms with Crippen LogP contribution < -0.4 is 4.72 Å². The summed E-state index contributed by atoms with van der Waals surface area (Å²) in [7, 11) is -2.90. The minimum atomic E-state index is -3.99. The third kappa shape index (κ3) is 2.36. The summed E-state index contributed by atoms with van der Waals surface area (Å²) in [6.07, 6.45) is 3.33. The SMILES string of the molecule is CON(C=O)S(=O)(=O)NCc1csc2cncn12. The molecular weight excluding hydrogens is 280 g/mol. The monoisotopic (exact) mass is 290 g/mol. The number of aromatic nitrogens is 2. The van der Waals surface area contributed by atoms with Gasteiger partial charge in [0.05, 0.1) is 19.9 Å². The Morgan fingerprint density at radius 1 is 1.67 bits per heavy atom. The van der Waals surface area contributed by atoms with Gasteiger partial charge in [0.2, 0.25) is 6.41 Å². The molecule has 0 fully saturated rings. The van der Waals surface area contributed by atoms with Gasteiger partial charge in [-0.15, -0.1) is 11.3 Å². The molecule has 0 spiro atoms. The maximum atomic E-state index is 11.6. The molecule has 1 amide bonds. The topological polar surface area (TPSA) is 93.0 Å². The van der Waals surface area contributed by atoms with Crippen molar-refractivity contribution in [2.75, 3.05) is 7.11 Å². The van der Waals surface area contributed by atoms with Gasteiger partial charge in [-0.25, -0.2) is 4.98 Å². The molecule has 0 saturated heterocycles. The zero-order valence-electron chi connectivity index (χ0n) is 9.31. The number of hydrogen-bond donors (Lipinski definition) is 1. The molecule has 2 aromatic rings. The first kappa shape index (κ1) is 13.0. The number of carbonyl (C=O) groups excluding carboxylic acids is 1. The summed E-state index contributed by atoms with van der Waals surface area (Å²) in [6, 6.07) is 0. The van der Waals surface area contributed by atoms with Gasteiger partial charge in [-0.1, -0.05) is 4.47 Å². The van der Waals surface area contributed by atoms with Crippen molar-refractivity contribution in [1.29, 1.82) is 0 Å². The van der Waals surface area contributed by atoms with Crippen LogP contribution in [0.15, 0.2) is 17.9 Å². The smallest absolute Gasteiger partial charge is 0.293 e. The van der Waals surface area contributed by atoms with Crippen LogP contribution in [0.4, 0.5) is 0 Å². The molecule has 0 aliphatic rings. The van der Waals surface area contributed by atoms with E-state index in [4.69, 9.17) is 0 Å². The van der Waals surface area contributed by atoms with E-state index in [2.05, 4.69) is 14.5 Å². The number of amides is 1. The summed E-state index contributed by atoms with van der Waals surface area (Å²) in [5, 5.41) is 1.80. The lowest BCUT2D eigenvalue weighted by Gasteiger charge is -2.14. The Hall–Kier alpha value is -1.49. The second kappa shape index (κ2) is 5.02. The van der Waals surface area contributed by atoms with Crippen LogP contribution in [0.2, 0.25) is 0 Å². The molecule has 0 aliphatic carbocycles. The first-order valence-corrected chi connectivity index (χ1v) is 7.07. The van der Waals surface area contributed by atoms with Crippen LogP contribution in [-0.4, -0.2) is 35.8 Å². The average molecular weight is 290 g/mol. The third-order valence-electron chi connectivity index (χ3n) is 2.17. The largest absolute Gasteiger partial charge is 0.327 e. The van der Waals surface area contributed by atoms with Crippen LogP contribution in [0, 0.1) is 0 Å². The number of fused-ring (bicyclic) bond motifs is 1. The van der Waals surface area contributed by atoms with Gasteiger partial charge in [0.15, 0.2) is 0 Å². The Morgan fingerprint density at radius 3 is 3.11 bits per heavy atom. The zero-order chi connectivity index (χ0) is 13.2. The highest BCUT2D eigenvalue weighted by atomic mass is 32.2. The predicted molar refractivity (Wildman–Crippen MR) is 63.7 cm³/mol. The van der Waals surface area contributed by atoms with Crippen LogP contribution >= 0.6 is 11.3 Å². The normalized spacial score (nSPS) is 11.8. The van der Waals surface area contributed by atoms with E-state index in [9.17, 15) is 13.2 Å². The minimum absolute atomic E-state index is 0.0341. The molecule has 10 heteroatoms. The standard InChI is InChI=1S/C8H10N4O4S2/c1-16-12(6-13)18(14,15)10-2-7-4-17-8-3-9-5-11(7)8/h3-6,10H,2H2,1H3. The van der Waals surface area contributed by atoms with Crippen molar-refractivity contribution in [2.45, 2.75) is 6.54 Å². The molecule has 0 bridgehead atoms. The summed E-state index contributed by atoms with van der Waals surface area (Å²) >= 11 is 1.44. The van der Waals surface area contributed by atoms with E-state index in [1.165, 1.54) is 11.3 Å². The van der Waals surface area contributed by atoms with Crippen molar-refractivity contribution in [3.05, 3.63) is 23.6 Å². The molecular formula is C8H10N4O4S2. The Labute approximate surface area is 107 Å². The fourth-order valence-electron chi connectivity index (χ4n) is 1.32. The van der Waals surface area contributed by atoms with Gasteiger partial charge in [0, 0.05) is 11.1 Å². The number of nitrogens with one attached hydrogen (secondary N) is 1. The zero-order valence-corrected chi connectivity index (χ0v) is 10.9. The quantitative estimate of drug-likeness (QED) is 0.585. The molecule has 18 heavy (non-hydrogen) atoms. The summed E-state index contributed by atoms with van der Waals surface area (Å²) < 4.78 is 27.4. The van der Waals surface area contributed by atoms with Crippen LogP contribution in [0.5, 0.6) is 0 Å². The summed E-state index contributed by atoms with van der Waals surface area (Å²) in [5.41, 5.74) is 0.720. The van der Waals surface area contributed by atoms with Gasteiger partial charge in [-0.05, 0) is 0 Å². The highest BCUT2D eigenvalue weighted by Gasteiger charge is 2.20. The number of thiazole rings is 1. The molecule has 0 saturated carbocycles. The molecule has 8 nitrogen and oxygen atoms in total. The average Bonchev–Trinajstić information content (AvgIpc) is 2.90. The lowest BCUT2D eigenvalue weighted by molar-refractivity contribution is -0.137. The molecule has 1 N–H and O–H groups in total. The maximum Gasteiger partial charge on any atom is 0.327 e. The van der Waals surface area contributed by atoms with Crippen molar-refractivity contribution >= 4 is 32.8 Å². The second-order valence-corrected chi connectivity index (χ2v) is 5.69. The van der Waals surface area contributed by atoms with Gasteiger partial charge in [0.1, 0.15) is 11.2 Å². The number of nitrogens with zero attached hydrogens (tertiary/aromatic N) is 3. The highest BCUT2D eigenvalue weighted by Crippen LogP contribution is 2.15. The van der Waals surface area contributed by atoms with Crippen molar-refractivity contribution in [3.63, 3.8) is 0 Å². The summed E-state index contributed by atoms with van der Waals surface area (Å²) in [4.78, 5) is 19.7. The van der Waals surface area contributed by atoms with E-state index in [0.29, 0.717) is 0 Å². The lowest BCUT2D eigenvalue weighted by atomic mass is 10.5. The first-order valence-electron chi connectivity index (χ1n) is 4.75. The Bertz CT molecular complexity index is 647. The molecule has 2 rings (SSSR count). The molecule has 0 radical (unpaired) electrons. The van der Waals surface area contributed by atoms with E-state index in [1.807, 2.05) is 0 Å². The van der Waals surface area contributed by atoms with Crippen molar-refractivity contribution in [3.8, 4) is 0 Å². The summed E-state index contributed by atoms with van der Waals surface area (Å²) in [5.74, 6) is 0. The highest BCUT2D eigenvalue weighted by molar-refractivity contribution is 7.87. The fourth-order valence-corrected chi connectivity index (χ4v) is 2.94. The minimum Gasteiger partial charge on any atom is -0.293 e. The Kier molecular flexibility index (Phi) is 3.61. The molecule has 0 aliphatic heterocycles. The molecule has 2 heterocycles. The lowest BCUT2D eigenvalue weighted by Crippen LogP contribution is -2.39. The molecule has 2 aromatic heterocycles. The number of hydrogen-bond acceptors (Lipinski definition) is 6. The van der Waals surface area contributed by atoms with Crippen molar-refractivity contribution < 1.29 is 18.0 Å². The van der Waals surface area contributed by atoms with E-state index >= 15 is 0 Å². The maximum absolute atomic E-state index is 11.6. The van der Waals surface area contributed by atoms with Gasteiger partial charge >= 0.3 is 10.2 Å². The first-order chi connectivity index (χ1) is 8.58. The van der Waals surface area contributed by atoms with Crippen LogP contribution in [0.1, 0.15) is 5.69 Å². The van der Waals surface area contributed by atoms with Crippen LogP contribution in [-0.2, 0) is 26.4 Å². The molecule has 0 aromatic carbocycles. The summed E-state index contributed by atoms with van der Waals surface area (Å²) in [6.45, 7) is 0.0341. The van der Waals surface area contributed by atoms with Gasteiger partial charge in [-0.2, -0.15) is 13.1 Å². The fraction of sp³-hybridized carbons (Fsp3) is 0.250. The predicted octanol–water partition coefficient (Wildman–Crippen LogP) is -0.250. The number of hydroxylamine groups is 1. The van der Waals surface area contributed by atoms with Crippen molar-refractivity contribution in [1.82, 2.24) is 18.6 Å².